The highest BCUT2D eigenvalue weighted by atomic mass is 19.3. The number of nitrogens with zero attached hydrogens (tertiary/aromatic N) is 5. The third kappa shape index (κ3) is 3.93. The van der Waals surface area contributed by atoms with E-state index in [0.717, 1.165) is 6.29 Å². The second kappa shape index (κ2) is 7.94. The molecule has 3 heterocycles. The summed E-state index contributed by atoms with van der Waals surface area (Å²) in [7, 11) is 0. The largest absolute Gasteiger partial charge is 0.413 e. The van der Waals surface area contributed by atoms with Gasteiger partial charge in [-0.15, -0.1) is 5.10 Å². The molecule has 3 aromatic rings. The van der Waals surface area contributed by atoms with Gasteiger partial charge in [-0.05, 0) is 31.7 Å². The van der Waals surface area contributed by atoms with E-state index in [4.69, 9.17) is 0 Å². The van der Waals surface area contributed by atoms with Crippen LogP contribution in [0.2, 0.25) is 0 Å². The van der Waals surface area contributed by atoms with Gasteiger partial charge < -0.3 is 14.8 Å². The highest BCUT2D eigenvalue weighted by molar-refractivity contribution is 6.08. The number of alkyl halides is 2. The van der Waals surface area contributed by atoms with Crippen LogP contribution in [0.5, 0.6) is 5.88 Å². The zero-order valence-corrected chi connectivity index (χ0v) is 15.2. The fourth-order valence-corrected chi connectivity index (χ4v) is 3.50. The van der Waals surface area contributed by atoms with Crippen LogP contribution in [-0.2, 0) is 4.79 Å². The molecule has 1 aliphatic rings. The molecule has 0 aromatic carbocycles. The maximum absolute atomic E-state index is 12.8. The van der Waals surface area contributed by atoms with Crippen molar-refractivity contribution >= 4 is 23.5 Å². The Morgan fingerprint density at radius 1 is 1.31 bits per heavy atom. The van der Waals surface area contributed by atoms with Crippen molar-refractivity contribution in [2.24, 2.45) is 5.92 Å². The van der Waals surface area contributed by atoms with E-state index in [2.05, 4.69) is 25.2 Å². The Labute approximate surface area is 163 Å². The van der Waals surface area contributed by atoms with Crippen LogP contribution in [0.1, 0.15) is 42.1 Å². The lowest BCUT2D eigenvalue weighted by atomic mass is 9.87. The average molecular weight is 404 g/mol. The van der Waals surface area contributed by atoms with Crippen molar-refractivity contribution in [3.63, 3.8) is 0 Å². The van der Waals surface area contributed by atoms with Crippen LogP contribution in [0, 0.1) is 5.92 Å². The normalized spacial score (nSPS) is 19.4. The van der Waals surface area contributed by atoms with E-state index in [9.17, 15) is 18.4 Å². The summed E-state index contributed by atoms with van der Waals surface area (Å²) in [6, 6.07) is 1.61. The average Bonchev–Trinajstić information content (AvgIpc) is 3.32. The SMILES string of the molecule is O=C[C@H]1CC[C@H](n2cc(NC(=O)c3cnn4cccnc34)c(OC(F)F)n2)CC1. The van der Waals surface area contributed by atoms with Crippen molar-refractivity contribution in [3.8, 4) is 5.88 Å². The van der Waals surface area contributed by atoms with Gasteiger partial charge in [0.05, 0.1) is 18.4 Å². The van der Waals surface area contributed by atoms with Gasteiger partial charge in [0.15, 0.2) is 5.65 Å². The van der Waals surface area contributed by atoms with Crippen molar-refractivity contribution in [3.05, 3.63) is 36.4 Å². The Kier molecular flexibility index (Phi) is 5.19. The summed E-state index contributed by atoms with van der Waals surface area (Å²) in [6.45, 7) is -3.08. The Morgan fingerprint density at radius 3 is 2.83 bits per heavy atom. The first-order valence-corrected chi connectivity index (χ1v) is 9.14. The van der Waals surface area contributed by atoms with Crippen molar-refractivity contribution in [2.75, 3.05) is 5.32 Å². The molecule has 9 nitrogen and oxygen atoms in total. The zero-order chi connectivity index (χ0) is 20.4. The van der Waals surface area contributed by atoms with Gasteiger partial charge in [0, 0.05) is 18.3 Å². The third-order valence-corrected chi connectivity index (χ3v) is 4.98. The maximum Gasteiger partial charge on any atom is 0.388 e. The molecular weight excluding hydrogens is 386 g/mol. The topological polar surface area (TPSA) is 103 Å². The van der Waals surface area contributed by atoms with Crippen molar-refractivity contribution < 1.29 is 23.1 Å². The fraction of sp³-hybridized carbons (Fsp3) is 0.389. The van der Waals surface area contributed by atoms with Gasteiger partial charge in [0.1, 0.15) is 17.5 Å². The molecule has 3 aromatic heterocycles. The number of carbonyl (C=O) groups excluding carboxylic acids is 2. The van der Waals surface area contributed by atoms with E-state index in [1.807, 2.05) is 0 Å². The lowest BCUT2D eigenvalue weighted by Gasteiger charge is -2.25. The molecular formula is C18H18F2N6O3. The molecule has 0 radical (unpaired) electrons. The van der Waals surface area contributed by atoms with Crippen LogP contribution in [-0.4, -0.2) is 43.2 Å². The minimum atomic E-state index is -3.08. The van der Waals surface area contributed by atoms with Crippen LogP contribution in [0.15, 0.2) is 30.9 Å². The zero-order valence-electron chi connectivity index (χ0n) is 15.2. The first-order chi connectivity index (χ1) is 14.0. The standard InChI is InChI=1S/C18H18F2N6O3/c19-18(20)29-17-14(9-26(24-17)12-4-2-11(10-27)3-5-12)23-16(28)13-8-22-25-7-1-6-21-15(13)25/h1,6-12,18H,2-5H2,(H,23,28)/t11-,12-. The predicted octanol–water partition coefficient (Wildman–Crippen LogP) is 2.71. The highest BCUT2D eigenvalue weighted by Crippen LogP contribution is 2.34. The Balaban J connectivity index is 1.57. The summed E-state index contributed by atoms with van der Waals surface area (Å²) in [6.07, 6.45) is 9.70. The molecule has 0 bridgehead atoms. The maximum atomic E-state index is 12.8. The summed E-state index contributed by atoms with van der Waals surface area (Å²) in [5.74, 6) is -0.918. The number of carbonyl (C=O) groups is 2. The molecule has 0 unspecified atom stereocenters. The molecule has 0 saturated heterocycles. The lowest BCUT2D eigenvalue weighted by Crippen LogP contribution is -2.19. The van der Waals surface area contributed by atoms with Crippen LogP contribution >= 0.6 is 0 Å². The smallest absolute Gasteiger partial charge is 0.388 e. The number of hydrogen-bond donors (Lipinski definition) is 1. The van der Waals surface area contributed by atoms with Gasteiger partial charge in [-0.25, -0.2) is 9.50 Å². The summed E-state index contributed by atoms with van der Waals surface area (Å²) in [4.78, 5) is 27.7. The minimum absolute atomic E-state index is 0.0147. The summed E-state index contributed by atoms with van der Waals surface area (Å²) < 4.78 is 33.1. The second-order valence-electron chi connectivity index (χ2n) is 6.81. The van der Waals surface area contributed by atoms with Crippen LogP contribution in [0.25, 0.3) is 5.65 Å². The number of halogens is 2. The molecule has 0 atom stereocenters. The summed E-state index contributed by atoms with van der Waals surface area (Å²) in [5, 5.41) is 10.7. The number of rotatable bonds is 6. The van der Waals surface area contributed by atoms with Crippen molar-refractivity contribution in [1.82, 2.24) is 24.4 Å². The van der Waals surface area contributed by atoms with E-state index in [1.165, 1.54) is 27.8 Å². The molecule has 1 N–H and O–H groups in total. The number of nitrogens with one attached hydrogen (secondary N) is 1. The van der Waals surface area contributed by atoms with E-state index in [1.54, 1.807) is 12.3 Å². The van der Waals surface area contributed by atoms with Gasteiger partial charge in [0.25, 0.3) is 11.8 Å². The van der Waals surface area contributed by atoms with Gasteiger partial charge in [0.2, 0.25) is 0 Å². The Morgan fingerprint density at radius 2 is 2.10 bits per heavy atom. The molecule has 0 spiro atoms. The molecule has 1 amide bonds. The molecule has 1 aliphatic carbocycles. The molecule has 152 valence electrons. The van der Waals surface area contributed by atoms with Crippen LogP contribution in [0.4, 0.5) is 14.5 Å². The van der Waals surface area contributed by atoms with Crippen LogP contribution in [0.3, 0.4) is 0 Å². The molecule has 29 heavy (non-hydrogen) atoms. The quantitative estimate of drug-likeness (QED) is 0.634. The number of aldehydes is 1. The Hall–Kier alpha value is -3.37. The predicted molar refractivity (Wildman–Crippen MR) is 96.9 cm³/mol. The number of hydrogen-bond acceptors (Lipinski definition) is 6. The Bertz CT molecular complexity index is 1030. The number of fused-ring (bicyclic) bond motifs is 1. The number of amides is 1. The van der Waals surface area contributed by atoms with Gasteiger partial charge in [-0.3, -0.25) is 9.48 Å². The molecule has 11 heteroatoms. The van der Waals surface area contributed by atoms with Crippen LogP contribution < -0.4 is 10.1 Å². The second-order valence-corrected chi connectivity index (χ2v) is 6.81. The van der Waals surface area contributed by atoms with Crippen molar-refractivity contribution in [2.45, 2.75) is 38.3 Å². The minimum Gasteiger partial charge on any atom is -0.413 e. The van der Waals surface area contributed by atoms with Gasteiger partial charge >= 0.3 is 6.61 Å². The van der Waals surface area contributed by atoms with Gasteiger partial charge in [-0.1, -0.05) is 0 Å². The molecule has 1 fully saturated rings. The van der Waals surface area contributed by atoms with Crippen molar-refractivity contribution in [1.29, 1.82) is 0 Å². The number of anilines is 1. The molecule has 1 saturated carbocycles. The first kappa shape index (κ1) is 19.0. The first-order valence-electron chi connectivity index (χ1n) is 9.14. The van der Waals surface area contributed by atoms with Gasteiger partial charge in [-0.2, -0.15) is 13.9 Å². The number of aromatic nitrogens is 5. The highest BCUT2D eigenvalue weighted by Gasteiger charge is 2.26. The fourth-order valence-electron chi connectivity index (χ4n) is 3.50. The van der Waals surface area contributed by atoms with E-state index < -0.39 is 12.5 Å². The molecule has 0 aliphatic heterocycles. The molecule has 4 rings (SSSR count). The van der Waals surface area contributed by atoms with E-state index in [0.29, 0.717) is 31.3 Å². The van der Waals surface area contributed by atoms with E-state index >= 15 is 0 Å². The lowest BCUT2D eigenvalue weighted by molar-refractivity contribution is -0.112. The summed E-state index contributed by atoms with van der Waals surface area (Å²) in [5.41, 5.74) is 0.553. The van der Waals surface area contributed by atoms with E-state index in [-0.39, 0.29) is 29.1 Å². The third-order valence-electron chi connectivity index (χ3n) is 4.98. The summed E-state index contributed by atoms with van der Waals surface area (Å²) >= 11 is 0. The monoisotopic (exact) mass is 404 g/mol. The number of ether oxygens (including phenoxy) is 1.